The first-order chi connectivity index (χ1) is 22.5. The molecule has 0 bridgehead atoms. The van der Waals surface area contributed by atoms with Gasteiger partial charge in [0.2, 0.25) is 0 Å². The molecule has 0 aliphatic carbocycles. The maximum atomic E-state index is 13.2. The van der Waals surface area contributed by atoms with Crippen LogP contribution in [0.15, 0.2) is 36.8 Å². The van der Waals surface area contributed by atoms with Crippen LogP contribution in [0.1, 0.15) is 74.1 Å². The van der Waals surface area contributed by atoms with E-state index in [1.54, 1.807) is 71.6 Å². The van der Waals surface area contributed by atoms with Crippen LogP contribution in [0.3, 0.4) is 0 Å². The van der Waals surface area contributed by atoms with Gasteiger partial charge in [0, 0.05) is 59.4 Å². The minimum Gasteiger partial charge on any atom is -0.361 e. The van der Waals surface area contributed by atoms with E-state index in [1.807, 2.05) is 0 Å². The number of aromatic nitrogens is 4. The van der Waals surface area contributed by atoms with Crippen LogP contribution in [-0.4, -0.2) is 67.9 Å². The first-order valence-electron chi connectivity index (χ1n) is 15.4. The molecular formula is C31H39ClN10O4S. The van der Waals surface area contributed by atoms with Crippen molar-refractivity contribution in [1.29, 1.82) is 0 Å². The molecule has 14 nitrogen and oxygen atoms in total. The topological polar surface area (TPSA) is 173 Å². The van der Waals surface area contributed by atoms with Gasteiger partial charge in [0.25, 0.3) is 23.6 Å². The Labute approximate surface area is 281 Å². The Morgan fingerprint density at radius 2 is 1.26 bits per heavy atom. The third-order valence-corrected chi connectivity index (χ3v) is 9.26. The third kappa shape index (κ3) is 7.86. The van der Waals surface area contributed by atoms with Gasteiger partial charge < -0.3 is 45.6 Å². The fourth-order valence-electron chi connectivity index (χ4n) is 5.42. The predicted molar refractivity (Wildman–Crippen MR) is 184 cm³/mol. The summed E-state index contributed by atoms with van der Waals surface area (Å²) in [4.78, 5) is 54.0. The Morgan fingerprint density at radius 3 is 1.77 bits per heavy atom. The van der Waals surface area contributed by atoms with Crippen molar-refractivity contribution in [3.8, 4) is 0 Å². The number of hydrogen-bond donors (Lipinski definition) is 5. The van der Waals surface area contributed by atoms with Gasteiger partial charge in [-0.05, 0) is 68.4 Å². The number of unbranched alkanes of at least 4 members (excludes halogenated alkanes) is 1. The second-order valence-corrected chi connectivity index (χ2v) is 12.6. The fraction of sp³-hybridized carbons (Fsp3) is 0.387. The van der Waals surface area contributed by atoms with Crippen LogP contribution < -0.4 is 31.9 Å². The molecule has 0 aromatic carbocycles. The Balaban J connectivity index is 1.19. The van der Waals surface area contributed by atoms with Gasteiger partial charge in [-0.25, -0.2) is 0 Å². The van der Waals surface area contributed by atoms with E-state index >= 15 is 0 Å². The van der Waals surface area contributed by atoms with Crippen LogP contribution in [0.5, 0.6) is 0 Å². The van der Waals surface area contributed by atoms with E-state index in [0.29, 0.717) is 46.6 Å². The fourth-order valence-corrected chi connectivity index (χ4v) is 6.65. The number of halogens is 1. The lowest BCUT2D eigenvalue weighted by Gasteiger charge is -2.27. The molecule has 5 rings (SSSR count). The molecule has 0 atom stereocenters. The maximum absolute atomic E-state index is 13.2. The minimum atomic E-state index is -0.459. The molecule has 4 aromatic rings. The molecule has 4 amide bonds. The Hall–Kier alpha value is -4.60. The van der Waals surface area contributed by atoms with E-state index < -0.39 is 17.7 Å². The normalized spacial score (nSPS) is 13.0. The quantitative estimate of drug-likeness (QED) is 0.140. The number of rotatable bonds is 12. The van der Waals surface area contributed by atoms with Gasteiger partial charge in [-0.1, -0.05) is 11.6 Å². The number of nitrogens with zero attached hydrogens (tertiary/aromatic N) is 5. The number of hydrogen-bond acceptors (Lipinski definition) is 8. The molecule has 6 N–H and O–H groups in total. The van der Waals surface area contributed by atoms with Gasteiger partial charge in [-0.15, -0.1) is 0 Å². The predicted octanol–water partition coefficient (Wildman–Crippen LogP) is 4.03. The summed E-state index contributed by atoms with van der Waals surface area (Å²) in [5, 5.41) is 12.4. The van der Waals surface area contributed by atoms with Crippen LogP contribution in [0.2, 0.25) is 5.02 Å². The SMILES string of the molecule is Cn1cc(NC(=O)c2cc(NC(=O)c3cc(NC(=O)c4nsc(N5CCCCC5)c4Cl)cn3C)cn2C)cc1C(=O)NCCCCN. The molecule has 1 saturated heterocycles. The number of amides is 4. The lowest BCUT2D eigenvalue weighted by Crippen LogP contribution is -2.28. The number of carbonyl (C=O) groups excluding carboxylic acids is 4. The highest BCUT2D eigenvalue weighted by molar-refractivity contribution is 7.11. The van der Waals surface area contributed by atoms with E-state index in [4.69, 9.17) is 17.3 Å². The van der Waals surface area contributed by atoms with Gasteiger partial charge in [0.05, 0.1) is 17.1 Å². The zero-order valence-electron chi connectivity index (χ0n) is 26.6. The lowest BCUT2D eigenvalue weighted by atomic mass is 10.1. The third-order valence-electron chi connectivity index (χ3n) is 7.88. The molecule has 1 aliphatic rings. The standard InChI is InChI=1S/C31H39ClN10O4S/c1-39-16-19(13-22(39)27(43)34-10-6-5-9-33)35-28(44)23-14-20(17-40(23)2)36-29(45)24-15-21(18-41(24)3)37-30(46)26-25(32)31(47-38-26)42-11-7-4-8-12-42/h13-18H,4-12,33H2,1-3H3,(H,34,43)(H,35,44)(H,36,45)(H,37,46). The van der Waals surface area contributed by atoms with E-state index in [9.17, 15) is 19.2 Å². The van der Waals surface area contributed by atoms with Crippen molar-refractivity contribution in [2.45, 2.75) is 32.1 Å². The summed E-state index contributed by atoms with van der Waals surface area (Å²) in [5.74, 6) is -1.55. The molecule has 47 heavy (non-hydrogen) atoms. The van der Waals surface area contributed by atoms with E-state index in [-0.39, 0.29) is 17.3 Å². The number of nitrogens with one attached hydrogen (secondary N) is 4. The summed E-state index contributed by atoms with van der Waals surface area (Å²) < 4.78 is 9.12. The van der Waals surface area contributed by atoms with Crippen LogP contribution in [-0.2, 0) is 21.1 Å². The van der Waals surface area contributed by atoms with Crippen LogP contribution in [0.25, 0.3) is 0 Å². The van der Waals surface area contributed by atoms with Crippen molar-refractivity contribution in [1.82, 2.24) is 23.4 Å². The minimum absolute atomic E-state index is 0.149. The second-order valence-electron chi connectivity index (χ2n) is 11.5. The monoisotopic (exact) mass is 682 g/mol. The van der Waals surface area contributed by atoms with Crippen molar-refractivity contribution in [3.63, 3.8) is 0 Å². The van der Waals surface area contributed by atoms with Gasteiger partial charge >= 0.3 is 0 Å². The van der Waals surface area contributed by atoms with Gasteiger partial charge in [0.15, 0.2) is 5.69 Å². The molecule has 0 unspecified atom stereocenters. The molecule has 250 valence electrons. The molecule has 16 heteroatoms. The Morgan fingerprint density at radius 1 is 0.766 bits per heavy atom. The van der Waals surface area contributed by atoms with Crippen molar-refractivity contribution in [2.75, 3.05) is 47.0 Å². The second kappa shape index (κ2) is 14.9. The summed E-state index contributed by atoms with van der Waals surface area (Å²) in [5.41, 5.74) is 7.90. The summed E-state index contributed by atoms with van der Waals surface area (Å²) in [6.07, 6.45) is 9.84. The number of aryl methyl sites for hydroxylation is 3. The molecule has 5 heterocycles. The van der Waals surface area contributed by atoms with Crippen LogP contribution in [0, 0.1) is 0 Å². The van der Waals surface area contributed by atoms with Crippen LogP contribution >= 0.6 is 23.1 Å². The molecule has 4 aromatic heterocycles. The highest BCUT2D eigenvalue weighted by Gasteiger charge is 2.25. The van der Waals surface area contributed by atoms with Crippen molar-refractivity contribution in [3.05, 3.63) is 64.6 Å². The van der Waals surface area contributed by atoms with Crippen molar-refractivity contribution in [2.24, 2.45) is 26.9 Å². The summed E-state index contributed by atoms with van der Waals surface area (Å²) >= 11 is 7.76. The molecular weight excluding hydrogens is 644 g/mol. The molecule has 0 radical (unpaired) electrons. The number of carbonyl (C=O) groups is 4. The first kappa shape index (κ1) is 33.8. The van der Waals surface area contributed by atoms with Crippen molar-refractivity contribution >= 4 is 68.8 Å². The number of anilines is 4. The van der Waals surface area contributed by atoms with Gasteiger partial charge in [-0.3, -0.25) is 19.2 Å². The van der Waals surface area contributed by atoms with Crippen LogP contribution in [0.4, 0.5) is 22.1 Å². The lowest BCUT2D eigenvalue weighted by molar-refractivity contribution is 0.0942. The smallest absolute Gasteiger partial charge is 0.277 e. The van der Waals surface area contributed by atoms with E-state index in [0.717, 1.165) is 43.8 Å². The highest BCUT2D eigenvalue weighted by atomic mass is 35.5. The summed E-state index contributed by atoms with van der Waals surface area (Å²) in [6.45, 7) is 2.86. The Kier molecular flexibility index (Phi) is 10.7. The highest BCUT2D eigenvalue weighted by Crippen LogP contribution is 2.35. The molecule has 0 spiro atoms. The largest absolute Gasteiger partial charge is 0.361 e. The van der Waals surface area contributed by atoms with E-state index in [1.165, 1.54) is 18.0 Å². The first-order valence-corrected chi connectivity index (χ1v) is 16.5. The number of nitrogens with two attached hydrogens (primary N) is 1. The zero-order valence-corrected chi connectivity index (χ0v) is 28.1. The summed E-state index contributed by atoms with van der Waals surface area (Å²) in [7, 11) is 5.10. The maximum Gasteiger partial charge on any atom is 0.277 e. The zero-order chi connectivity index (χ0) is 33.7. The molecule has 0 saturated carbocycles. The van der Waals surface area contributed by atoms with Crippen molar-refractivity contribution < 1.29 is 19.2 Å². The average Bonchev–Trinajstić information content (AvgIpc) is 3.81. The Bertz CT molecular complexity index is 1780. The molecule has 1 fully saturated rings. The van der Waals surface area contributed by atoms with E-state index in [2.05, 4.69) is 30.5 Å². The van der Waals surface area contributed by atoms with Gasteiger partial charge in [0.1, 0.15) is 27.1 Å². The van der Waals surface area contributed by atoms with Gasteiger partial charge in [-0.2, -0.15) is 4.37 Å². The molecule has 1 aliphatic heterocycles. The summed E-state index contributed by atoms with van der Waals surface area (Å²) in [6, 6.07) is 4.71. The number of piperidine rings is 1. The average molecular weight is 683 g/mol.